The minimum Gasteiger partial charge on any atom is -0.486 e. The zero-order valence-corrected chi connectivity index (χ0v) is 15.6. The number of benzene rings is 2. The molecule has 0 bridgehead atoms. The van der Waals surface area contributed by atoms with Crippen LogP contribution in [0.3, 0.4) is 0 Å². The minimum atomic E-state index is -0.192. The molecule has 0 saturated carbocycles. The Morgan fingerprint density at radius 3 is 2.63 bits per heavy atom. The van der Waals surface area contributed by atoms with Crippen molar-refractivity contribution in [3.8, 4) is 22.8 Å². The minimum absolute atomic E-state index is 0.192. The Morgan fingerprint density at radius 1 is 1.11 bits per heavy atom. The number of fused-ring (bicyclic) bond motifs is 1. The zero-order chi connectivity index (χ0) is 18.6. The summed E-state index contributed by atoms with van der Waals surface area (Å²) in [5, 5.41) is 5.92. The monoisotopic (exact) mass is 378 g/mol. The first-order valence-electron chi connectivity index (χ1n) is 8.59. The molecular formula is C21H18N2O3S. The largest absolute Gasteiger partial charge is 0.486 e. The molecule has 2 aromatic carbocycles. The SMILES string of the molecule is Cc1nc(-c2ccc(NC(=O)/C=C\c3ccc4c(c3)OCCO4)cc2)cs1. The Balaban J connectivity index is 1.39. The number of hydrogen-bond donors (Lipinski definition) is 1. The average molecular weight is 378 g/mol. The summed E-state index contributed by atoms with van der Waals surface area (Å²) in [6.45, 7) is 3.08. The van der Waals surface area contributed by atoms with Crippen molar-refractivity contribution in [2.45, 2.75) is 6.92 Å². The van der Waals surface area contributed by atoms with Crippen molar-refractivity contribution in [1.82, 2.24) is 4.98 Å². The lowest BCUT2D eigenvalue weighted by Gasteiger charge is -2.18. The smallest absolute Gasteiger partial charge is 0.248 e. The van der Waals surface area contributed by atoms with Crippen LogP contribution in [-0.4, -0.2) is 24.1 Å². The van der Waals surface area contributed by atoms with Crippen LogP contribution in [0.15, 0.2) is 53.9 Å². The van der Waals surface area contributed by atoms with Crippen molar-refractivity contribution in [2.24, 2.45) is 0 Å². The number of hydrogen-bond acceptors (Lipinski definition) is 5. The van der Waals surface area contributed by atoms with E-state index in [9.17, 15) is 4.79 Å². The fraction of sp³-hybridized carbons (Fsp3) is 0.143. The second-order valence-corrected chi connectivity index (χ2v) is 7.12. The predicted octanol–water partition coefficient (Wildman–Crippen LogP) is 4.54. The van der Waals surface area contributed by atoms with Crippen LogP contribution in [0, 0.1) is 6.92 Å². The molecule has 1 aliphatic heterocycles. The van der Waals surface area contributed by atoms with Gasteiger partial charge in [-0.25, -0.2) is 4.98 Å². The van der Waals surface area contributed by atoms with Gasteiger partial charge in [-0.2, -0.15) is 0 Å². The van der Waals surface area contributed by atoms with Crippen LogP contribution in [0.1, 0.15) is 10.6 Å². The molecule has 1 amide bonds. The molecule has 0 aliphatic carbocycles. The molecule has 27 heavy (non-hydrogen) atoms. The van der Waals surface area contributed by atoms with Crippen molar-refractivity contribution in [1.29, 1.82) is 0 Å². The Kier molecular flexibility index (Phi) is 4.89. The molecule has 0 saturated heterocycles. The lowest BCUT2D eigenvalue weighted by atomic mass is 10.1. The Bertz CT molecular complexity index is 993. The molecule has 0 fully saturated rings. The van der Waals surface area contributed by atoms with E-state index in [0.29, 0.717) is 19.0 Å². The number of nitrogens with zero attached hydrogens (tertiary/aromatic N) is 1. The molecule has 6 heteroatoms. The average Bonchev–Trinajstić information content (AvgIpc) is 3.13. The van der Waals surface area contributed by atoms with Gasteiger partial charge in [0.2, 0.25) is 5.91 Å². The zero-order valence-electron chi connectivity index (χ0n) is 14.8. The second-order valence-electron chi connectivity index (χ2n) is 6.05. The van der Waals surface area contributed by atoms with Gasteiger partial charge in [-0.1, -0.05) is 18.2 Å². The van der Waals surface area contributed by atoms with Crippen LogP contribution < -0.4 is 14.8 Å². The number of carbonyl (C=O) groups excluding carboxylic acids is 1. The van der Waals surface area contributed by atoms with Crippen LogP contribution in [-0.2, 0) is 4.79 Å². The highest BCUT2D eigenvalue weighted by Gasteiger charge is 2.11. The molecule has 136 valence electrons. The molecule has 0 unspecified atom stereocenters. The van der Waals surface area contributed by atoms with Crippen LogP contribution in [0.25, 0.3) is 17.3 Å². The number of anilines is 1. The first-order valence-corrected chi connectivity index (χ1v) is 9.47. The number of ether oxygens (including phenoxy) is 2. The van der Waals surface area contributed by atoms with Gasteiger partial charge in [-0.15, -0.1) is 11.3 Å². The van der Waals surface area contributed by atoms with Gasteiger partial charge in [-0.05, 0) is 42.8 Å². The summed E-state index contributed by atoms with van der Waals surface area (Å²) < 4.78 is 11.0. The topological polar surface area (TPSA) is 60.5 Å². The van der Waals surface area contributed by atoms with Gasteiger partial charge in [0.1, 0.15) is 13.2 Å². The number of amides is 1. The summed E-state index contributed by atoms with van der Waals surface area (Å²) in [6.07, 6.45) is 3.25. The highest BCUT2D eigenvalue weighted by Crippen LogP contribution is 2.31. The van der Waals surface area contributed by atoms with E-state index in [-0.39, 0.29) is 5.91 Å². The first-order chi connectivity index (χ1) is 13.2. The van der Waals surface area contributed by atoms with E-state index in [1.165, 1.54) is 6.08 Å². The Morgan fingerprint density at radius 2 is 1.89 bits per heavy atom. The highest BCUT2D eigenvalue weighted by atomic mass is 32.1. The molecular weight excluding hydrogens is 360 g/mol. The third kappa shape index (κ3) is 4.17. The standard InChI is InChI=1S/C21H18N2O3S/c1-14-22-18(13-27-14)16-4-6-17(7-5-16)23-21(24)9-3-15-2-8-19-20(12-15)26-11-10-25-19/h2-9,12-13H,10-11H2,1H3,(H,23,24)/b9-3-. The summed E-state index contributed by atoms with van der Waals surface area (Å²) in [7, 11) is 0. The summed E-state index contributed by atoms with van der Waals surface area (Å²) in [5.41, 5.74) is 3.60. The summed E-state index contributed by atoms with van der Waals surface area (Å²) in [4.78, 5) is 16.6. The van der Waals surface area contributed by atoms with Crippen LogP contribution in [0.4, 0.5) is 5.69 Å². The quantitative estimate of drug-likeness (QED) is 0.677. The van der Waals surface area contributed by atoms with E-state index < -0.39 is 0 Å². The van der Waals surface area contributed by atoms with Crippen molar-refractivity contribution >= 4 is 29.0 Å². The van der Waals surface area contributed by atoms with E-state index in [1.807, 2.05) is 54.8 Å². The van der Waals surface area contributed by atoms with E-state index in [0.717, 1.165) is 33.3 Å². The van der Waals surface area contributed by atoms with Crippen molar-refractivity contribution < 1.29 is 14.3 Å². The van der Waals surface area contributed by atoms with Gasteiger partial charge >= 0.3 is 0 Å². The maximum absolute atomic E-state index is 12.2. The molecule has 0 spiro atoms. The van der Waals surface area contributed by atoms with Crippen molar-refractivity contribution in [3.05, 3.63) is 64.5 Å². The number of rotatable bonds is 4. The summed E-state index contributed by atoms with van der Waals surface area (Å²) in [5.74, 6) is 1.25. The second kappa shape index (κ2) is 7.63. The first kappa shape index (κ1) is 17.3. The lowest BCUT2D eigenvalue weighted by molar-refractivity contribution is -0.111. The van der Waals surface area contributed by atoms with Gasteiger partial charge in [0.05, 0.1) is 10.7 Å². The van der Waals surface area contributed by atoms with Crippen molar-refractivity contribution in [2.75, 3.05) is 18.5 Å². The fourth-order valence-electron chi connectivity index (χ4n) is 2.74. The predicted molar refractivity (Wildman–Crippen MR) is 107 cm³/mol. The van der Waals surface area contributed by atoms with Gasteiger partial charge < -0.3 is 14.8 Å². The fourth-order valence-corrected chi connectivity index (χ4v) is 3.36. The third-order valence-electron chi connectivity index (χ3n) is 4.06. The van der Waals surface area contributed by atoms with E-state index >= 15 is 0 Å². The molecule has 0 atom stereocenters. The molecule has 0 radical (unpaired) electrons. The Labute approximate surface area is 161 Å². The molecule has 2 heterocycles. The molecule has 1 aliphatic rings. The highest BCUT2D eigenvalue weighted by molar-refractivity contribution is 7.09. The Hall–Kier alpha value is -3.12. The van der Waals surface area contributed by atoms with Crippen molar-refractivity contribution in [3.63, 3.8) is 0 Å². The molecule has 1 N–H and O–H groups in total. The number of thiazole rings is 1. The number of nitrogens with one attached hydrogen (secondary N) is 1. The summed E-state index contributed by atoms with van der Waals surface area (Å²) >= 11 is 1.62. The molecule has 3 aromatic rings. The van der Waals surface area contributed by atoms with Gasteiger partial charge in [0, 0.05) is 22.7 Å². The lowest BCUT2D eigenvalue weighted by Crippen LogP contribution is -2.15. The molecule has 5 nitrogen and oxygen atoms in total. The van der Waals surface area contributed by atoms with Gasteiger partial charge in [0.15, 0.2) is 11.5 Å². The van der Waals surface area contributed by atoms with Gasteiger partial charge in [0.25, 0.3) is 0 Å². The van der Waals surface area contributed by atoms with Crippen LogP contribution in [0.5, 0.6) is 11.5 Å². The summed E-state index contributed by atoms with van der Waals surface area (Å²) in [6, 6.07) is 13.3. The van der Waals surface area contributed by atoms with E-state index in [2.05, 4.69) is 10.3 Å². The van der Waals surface area contributed by atoms with Crippen LogP contribution in [0.2, 0.25) is 0 Å². The third-order valence-corrected chi connectivity index (χ3v) is 4.83. The maximum Gasteiger partial charge on any atom is 0.248 e. The number of aryl methyl sites for hydroxylation is 1. The molecule has 1 aromatic heterocycles. The molecule has 4 rings (SSSR count). The van der Waals surface area contributed by atoms with E-state index in [4.69, 9.17) is 9.47 Å². The normalized spacial score (nSPS) is 12.9. The van der Waals surface area contributed by atoms with Crippen LogP contribution >= 0.6 is 11.3 Å². The maximum atomic E-state index is 12.2. The number of carbonyl (C=O) groups is 1. The number of aromatic nitrogens is 1. The van der Waals surface area contributed by atoms with E-state index in [1.54, 1.807) is 17.4 Å². The van der Waals surface area contributed by atoms with Gasteiger partial charge in [-0.3, -0.25) is 4.79 Å².